The molecular weight excluding hydrogens is 392 g/mol. The molecule has 0 radical (unpaired) electrons. The predicted molar refractivity (Wildman–Crippen MR) is 121 cm³/mol. The van der Waals surface area contributed by atoms with Crippen molar-refractivity contribution in [2.75, 3.05) is 20.1 Å². The molecule has 3 heterocycles. The van der Waals surface area contributed by atoms with Gasteiger partial charge in [0.05, 0.1) is 18.3 Å². The quantitative estimate of drug-likeness (QED) is 0.355. The Morgan fingerprint density at radius 1 is 1.42 bits per heavy atom. The first-order chi connectivity index (χ1) is 14.7. The molecule has 0 saturated carbocycles. The van der Waals surface area contributed by atoms with Crippen LogP contribution in [0.5, 0.6) is 0 Å². The lowest BCUT2D eigenvalue weighted by Crippen LogP contribution is -2.50. The van der Waals surface area contributed by atoms with Gasteiger partial charge in [0.25, 0.3) is 5.91 Å². The number of aromatic amines is 1. The van der Waals surface area contributed by atoms with Crippen LogP contribution in [0, 0.1) is 10.8 Å². The summed E-state index contributed by atoms with van der Waals surface area (Å²) in [5.74, 6) is -0.120. The second-order valence-corrected chi connectivity index (χ2v) is 8.53. The fourth-order valence-corrected chi connectivity index (χ4v) is 3.59. The van der Waals surface area contributed by atoms with Crippen molar-refractivity contribution >= 4 is 17.5 Å². The molecule has 0 aromatic carbocycles. The van der Waals surface area contributed by atoms with Crippen molar-refractivity contribution in [1.82, 2.24) is 25.8 Å². The van der Waals surface area contributed by atoms with Crippen LogP contribution in [0.3, 0.4) is 0 Å². The highest BCUT2D eigenvalue weighted by Crippen LogP contribution is 2.27. The van der Waals surface area contributed by atoms with Crippen LogP contribution in [0.1, 0.15) is 44.5 Å². The highest BCUT2D eigenvalue weighted by atomic mass is 16.2. The zero-order valence-electron chi connectivity index (χ0n) is 18.6. The van der Waals surface area contributed by atoms with Crippen LogP contribution in [0.25, 0.3) is 0 Å². The molecule has 8 heteroatoms. The molecule has 0 aliphatic carbocycles. The number of amidine groups is 1. The topological polar surface area (TPSA) is 113 Å². The van der Waals surface area contributed by atoms with Crippen LogP contribution >= 0.6 is 0 Å². The molecule has 2 aliphatic rings. The molecule has 1 unspecified atom stereocenters. The van der Waals surface area contributed by atoms with Crippen molar-refractivity contribution < 1.29 is 9.59 Å². The molecule has 8 nitrogen and oxygen atoms in total. The van der Waals surface area contributed by atoms with Gasteiger partial charge in [0.1, 0.15) is 11.5 Å². The van der Waals surface area contributed by atoms with Crippen molar-refractivity contribution in [3.8, 4) is 0 Å². The van der Waals surface area contributed by atoms with Gasteiger partial charge < -0.3 is 25.8 Å². The van der Waals surface area contributed by atoms with E-state index >= 15 is 0 Å². The number of aryl methyl sites for hydroxylation is 1. The van der Waals surface area contributed by atoms with Crippen molar-refractivity contribution in [3.05, 3.63) is 59.3 Å². The van der Waals surface area contributed by atoms with E-state index in [1.165, 1.54) is 0 Å². The number of hydrogen-bond donors (Lipinski definition) is 5. The summed E-state index contributed by atoms with van der Waals surface area (Å²) < 4.78 is 0. The molecular formula is C23H32N6O2. The third-order valence-corrected chi connectivity index (χ3v) is 5.83. The Bertz CT molecular complexity index is 953. The van der Waals surface area contributed by atoms with Crippen LogP contribution < -0.4 is 16.0 Å². The summed E-state index contributed by atoms with van der Waals surface area (Å²) >= 11 is 0. The van der Waals surface area contributed by atoms with Crippen molar-refractivity contribution in [3.63, 3.8) is 0 Å². The maximum atomic E-state index is 12.9. The molecule has 3 rings (SSSR count). The second-order valence-electron chi connectivity index (χ2n) is 8.53. The number of nitrogens with zero attached hydrogens (tertiary/aromatic N) is 1. The molecule has 1 amide bonds. The highest BCUT2D eigenvalue weighted by Gasteiger charge is 2.35. The van der Waals surface area contributed by atoms with E-state index in [1.54, 1.807) is 24.2 Å². The lowest BCUT2D eigenvalue weighted by molar-refractivity contribution is -0.130. The standard InChI is InChI=1S/C23H32N6O2/c1-5-16-11-15(12-26-16)17-7-6-8-18(27-17)22(31)28-19(13-25-4)21(24)29-10-9-23(2,3)20(30)14-29/h6-8,11-13,17,24-27H,5,9-10,14H2,1-4H3,(H,28,31)/b19-13+,24-21?. The summed E-state index contributed by atoms with van der Waals surface area (Å²) in [7, 11) is 1.71. The van der Waals surface area contributed by atoms with E-state index in [0.29, 0.717) is 24.4 Å². The van der Waals surface area contributed by atoms with Gasteiger partial charge in [0, 0.05) is 37.1 Å². The zero-order chi connectivity index (χ0) is 22.6. The number of allylic oxidation sites excluding steroid dienone is 2. The van der Waals surface area contributed by atoms with E-state index in [0.717, 1.165) is 17.7 Å². The van der Waals surface area contributed by atoms with Gasteiger partial charge in [-0.25, -0.2) is 0 Å². The van der Waals surface area contributed by atoms with Gasteiger partial charge in [-0.15, -0.1) is 0 Å². The fraction of sp³-hybridized carbons (Fsp3) is 0.435. The van der Waals surface area contributed by atoms with E-state index in [4.69, 9.17) is 5.41 Å². The van der Waals surface area contributed by atoms with Crippen LogP contribution in [-0.2, 0) is 16.0 Å². The van der Waals surface area contributed by atoms with E-state index in [1.807, 2.05) is 32.2 Å². The molecule has 31 heavy (non-hydrogen) atoms. The number of likely N-dealkylation sites (tertiary alicyclic amines) is 1. The summed E-state index contributed by atoms with van der Waals surface area (Å²) in [4.78, 5) is 30.3. The van der Waals surface area contributed by atoms with Crippen molar-refractivity contribution in [1.29, 1.82) is 5.41 Å². The van der Waals surface area contributed by atoms with E-state index < -0.39 is 0 Å². The number of nitrogens with one attached hydrogen (secondary N) is 5. The van der Waals surface area contributed by atoms with E-state index in [9.17, 15) is 9.59 Å². The maximum absolute atomic E-state index is 12.9. The summed E-state index contributed by atoms with van der Waals surface area (Å²) in [5, 5.41) is 17.5. The Balaban J connectivity index is 1.67. The Labute approximate surface area is 183 Å². The van der Waals surface area contributed by atoms with Crippen molar-refractivity contribution in [2.45, 2.75) is 39.7 Å². The Kier molecular flexibility index (Phi) is 6.68. The highest BCUT2D eigenvalue weighted by molar-refractivity contribution is 6.05. The molecule has 1 atom stereocenters. The van der Waals surface area contributed by atoms with Gasteiger partial charge in [-0.1, -0.05) is 32.9 Å². The van der Waals surface area contributed by atoms with Gasteiger partial charge in [-0.3, -0.25) is 15.0 Å². The maximum Gasteiger partial charge on any atom is 0.271 e. The number of aromatic nitrogens is 1. The number of carbonyl (C=O) groups is 2. The minimum atomic E-state index is -0.374. The van der Waals surface area contributed by atoms with Gasteiger partial charge in [-0.05, 0) is 30.5 Å². The predicted octanol–water partition coefficient (Wildman–Crippen LogP) is 2.12. The monoisotopic (exact) mass is 424 g/mol. The van der Waals surface area contributed by atoms with Gasteiger partial charge >= 0.3 is 0 Å². The minimum absolute atomic E-state index is 0.0984. The Hall–Kier alpha value is -3.29. The first kappa shape index (κ1) is 22.4. The Morgan fingerprint density at radius 3 is 2.84 bits per heavy atom. The summed E-state index contributed by atoms with van der Waals surface area (Å²) in [5.41, 5.74) is 2.56. The lowest BCUT2D eigenvalue weighted by atomic mass is 9.81. The largest absolute Gasteiger partial charge is 0.392 e. The first-order valence-corrected chi connectivity index (χ1v) is 10.6. The molecule has 2 aliphatic heterocycles. The third-order valence-electron chi connectivity index (χ3n) is 5.83. The minimum Gasteiger partial charge on any atom is -0.392 e. The fourth-order valence-electron chi connectivity index (χ4n) is 3.59. The summed E-state index contributed by atoms with van der Waals surface area (Å²) in [6, 6.07) is 1.97. The number of ketones is 1. The van der Waals surface area contributed by atoms with E-state index in [2.05, 4.69) is 33.9 Å². The van der Waals surface area contributed by atoms with Crippen molar-refractivity contribution in [2.24, 2.45) is 5.41 Å². The molecule has 166 valence electrons. The number of dihydropyridines is 1. The van der Waals surface area contributed by atoms with Crippen LogP contribution in [-0.4, -0.2) is 47.5 Å². The van der Waals surface area contributed by atoms with Gasteiger partial charge in [0.2, 0.25) is 0 Å². The lowest BCUT2D eigenvalue weighted by Gasteiger charge is -2.37. The second kappa shape index (κ2) is 9.24. The van der Waals surface area contributed by atoms with Gasteiger partial charge in [0.15, 0.2) is 5.78 Å². The molecule has 0 spiro atoms. The smallest absolute Gasteiger partial charge is 0.271 e. The number of hydrogen-bond acceptors (Lipinski definition) is 5. The molecule has 1 fully saturated rings. The molecule has 1 aromatic rings. The number of carbonyl (C=O) groups excluding carboxylic acids is 2. The first-order valence-electron chi connectivity index (χ1n) is 10.6. The van der Waals surface area contributed by atoms with Crippen LogP contribution in [0.15, 0.2) is 48.1 Å². The molecule has 0 bridgehead atoms. The third kappa shape index (κ3) is 5.07. The average Bonchev–Trinajstić information content (AvgIpc) is 3.24. The number of piperidine rings is 1. The number of Topliss-reactive ketones (excluding diaryl/α,β-unsaturated/α-hetero) is 1. The zero-order valence-corrected chi connectivity index (χ0v) is 18.6. The van der Waals surface area contributed by atoms with Gasteiger partial charge in [-0.2, -0.15) is 0 Å². The number of rotatable bonds is 6. The molecule has 1 saturated heterocycles. The SMILES string of the molecule is CCc1cc(C2C=CC=C(C(=O)N/C(=C/NC)C(=N)N3CCC(C)(C)C(=O)C3)N2)c[nH]1. The Morgan fingerprint density at radius 2 is 2.19 bits per heavy atom. The molecule has 5 N–H and O–H groups in total. The normalized spacial score (nSPS) is 20.7. The number of H-pyrrole nitrogens is 1. The van der Waals surface area contributed by atoms with E-state index in [-0.39, 0.29) is 35.5 Å². The number of amides is 1. The summed E-state index contributed by atoms with van der Waals surface area (Å²) in [6.07, 6.45) is 10.7. The van der Waals surface area contributed by atoms with Crippen LogP contribution in [0.2, 0.25) is 0 Å². The summed E-state index contributed by atoms with van der Waals surface area (Å²) in [6.45, 7) is 6.71. The molecule has 1 aromatic heterocycles. The average molecular weight is 425 g/mol. The van der Waals surface area contributed by atoms with Crippen LogP contribution in [0.4, 0.5) is 0 Å².